The summed E-state index contributed by atoms with van der Waals surface area (Å²) in [5.41, 5.74) is 2.21. The van der Waals surface area contributed by atoms with E-state index in [9.17, 15) is 4.79 Å². The summed E-state index contributed by atoms with van der Waals surface area (Å²) in [6.45, 7) is 6.12. The molecule has 0 unspecified atom stereocenters. The molecule has 1 aliphatic heterocycles. The number of carbonyl (C=O) groups is 1. The van der Waals surface area contributed by atoms with Gasteiger partial charge in [0.2, 0.25) is 5.91 Å². The van der Waals surface area contributed by atoms with Crippen LogP contribution in [0.2, 0.25) is 10.0 Å². The SMILES string of the molecule is CCOc1cccc(CN2CCC(C(=O)NCCSCc3c(Cl)cccc3Cl)CC2)c1. The highest BCUT2D eigenvalue weighted by Gasteiger charge is 2.24. The highest BCUT2D eigenvalue weighted by Crippen LogP contribution is 2.28. The molecule has 1 heterocycles. The lowest BCUT2D eigenvalue weighted by atomic mass is 9.95. The lowest BCUT2D eigenvalue weighted by molar-refractivity contribution is -0.126. The fourth-order valence-electron chi connectivity index (χ4n) is 3.75. The van der Waals surface area contributed by atoms with Crippen molar-refractivity contribution in [2.45, 2.75) is 32.1 Å². The predicted molar refractivity (Wildman–Crippen MR) is 131 cm³/mol. The number of hydrogen-bond acceptors (Lipinski definition) is 4. The number of nitrogens with zero attached hydrogens (tertiary/aromatic N) is 1. The van der Waals surface area contributed by atoms with Crippen LogP contribution in [0.3, 0.4) is 0 Å². The van der Waals surface area contributed by atoms with Crippen LogP contribution in [-0.4, -0.2) is 42.8 Å². The maximum Gasteiger partial charge on any atom is 0.223 e. The third-order valence-corrected chi connectivity index (χ3v) is 7.12. The first-order valence-corrected chi connectivity index (χ1v) is 12.7. The number of piperidine rings is 1. The second-order valence-corrected chi connectivity index (χ2v) is 9.59. The minimum atomic E-state index is 0.106. The van der Waals surface area contributed by atoms with Gasteiger partial charge in [-0.25, -0.2) is 0 Å². The first kappa shape index (κ1) is 24.2. The maximum atomic E-state index is 12.5. The van der Waals surface area contributed by atoms with Gasteiger partial charge in [0.1, 0.15) is 5.75 Å². The van der Waals surface area contributed by atoms with E-state index in [0.717, 1.165) is 55.3 Å². The predicted octanol–water partition coefficient (Wildman–Crippen LogP) is 5.65. The number of hydrogen-bond donors (Lipinski definition) is 1. The van der Waals surface area contributed by atoms with Gasteiger partial charge in [-0.15, -0.1) is 0 Å². The molecule has 0 bridgehead atoms. The van der Waals surface area contributed by atoms with E-state index in [2.05, 4.69) is 22.3 Å². The second kappa shape index (κ2) is 12.6. The normalized spacial score (nSPS) is 15.1. The van der Waals surface area contributed by atoms with Gasteiger partial charge in [-0.05, 0) is 68.2 Å². The third-order valence-electron chi connectivity index (χ3n) is 5.43. The molecular formula is C24H30Cl2N2O2S. The molecule has 1 N–H and O–H groups in total. The number of carbonyl (C=O) groups excluding carboxylic acids is 1. The Morgan fingerprint density at radius 1 is 1.16 bits per heavy atom. The molecule has 0 aromatic heterocycles. The average Bonchev–Trinajstić information content (AvgIpc) is 2.76. The summed E-state index contributed by atoms with van der Waals surface area (Å²) >= 11 is 14.1. The lowest BCUT2D eigenvalue weighted by Crippen LogP contribution is -2.40. The number of ether oxygens (including phenoxy) is 1. The summed E-state index contributed by atoms with van der Waals surface area (Å²) in [6.07, 6.45) is 1.80. The van der Waals surface area contributed by atoms with Gasteiger partial charge in [-0.2, -0.15) is 11.8 Å². The van der Waals surface area contributed by atoms with Crippen LogP contribution in [0.5, 0.6) is 5.75 Å². The summed E-state index contributed by atoms with van der Waals surface area (Å²) in [5, 5.41) is 4.48. The molecule has 31 heavy (non-hydrogen) atoms. The molecule has 1 aliphatic rings. The summed E-state index contributed by atoms with van der Waals surface area (Å²) in [6, 6.07) is 13.8. The first-order valence-electron chi connectivity index (χ1n) is 10.8. The quantitative estimate of drug-likeness (QED) is 0.445. The van der Waals surface area contributed by atoms with E-state index >= 15 is 0 Å². The number of likely N-dealkylation sites (tertiary alicyclic amines) is 1. The van der Waals surface area contributed by atoms with E-state index in [1.54, 1.807) is 11.8 Å². The van der Waals surface area contributed by atoms with E-state index in [0.29, 0.717) is 23.2 Å². The van der Waals surface area contributed by atoms with Crippen LogP contribution in [0.25, 0.3) is 0 Å². The van der Waals surface area contributed by atoms with Gasteiger partial charge in [-0.3, -0.25) is 9.69 Å². The molecule has 1 amide bonds. The Kier molecular flexibility index (Phi) is 9.85. The van der Waals surface area contributed by atoms with Crippen molar-refractivity contribution >= 4 is 40.9 Å². The van der Waals surface area contributed by atoms with Crippen molar-refractivity contribution in [2.24, 2.45) is 5.92 Å². The first-order chi connectivity index (χ1) is 15.1. The zero-order valence-electron chi connectivity index (χ0n) is 17.9. The van der Waals surface area contributed by atoms with E-state index < -0.39 is 0 Å². The second-order valence-electron chi connectivity index (χ2n) is 7.67. The Morgan fingerprint density at radius 3 is 2.58 bits per heavy atom. The maximum absolute atomic E-state index is 12.5. The summed E-state index contributed by atoms with van der Waals surface area (Å²) < 4.78 is 5.59. The molecule has 0 saturated carbocycles. The monoisotopic (exact) mass is 480 g/mol. The number of rotatable bonds is 10. The van der Waals surface area contributed by atoms with Crippen molar-refractivity contribution in [2.75, 3.05) is 32.0 Å². The fourth-order valence-corrected chi connectivity index (χ4v) is 5.34. The van der Waals surface area contributed by atoms with Crippen LogP contribution in [0, 0.1) is 5.92 Å². The number of nitrogens with one attached hydrogen (secondary N) is 1. The minimum absolute atomic E-state index is 0.106. The highest BCUT2D eigenvalue weighted by molar-refractivity contribution is 7.98. The number of amides is 1. The van der Waals surface area contributed by atoms with Crippen molar-refractivity contribution in [3.63, 3.8) is 0 Å². The van der Waals surface area contributed by atoms with Crippen LogP contribution < -0.4 is 10.1 Å². The van der Waals surface area contributed by atoms with Crippen molar-refractivity contribution in [1.29, 1.82) is 0 Å². The van der Waals surface area contributed by atoms with Gasteiger partial charge in [0.05, 0.1) is 6.61 Å². The molecule has 0 atom stereocenters. The molecule has 0 aliphatic carbocycles. The van der Waals surface area contributed by atoms with E-state index in [4.69, 9.17) is 27.9 Å². The Morgan fingerprint density at radius 2 is 1.87 bits per heavy atom. The van der Waals surface area contributed by atoms with Gasteiger partial charge in [-0.1, -0.05) is 41.4 Å². The van der Waals surface area contributed by atoms with Crippen molar-refractivity contribution in [1.82, 2.24) is 10.2 Å². The Bertz CT molecular complexity index is 837. The molecule has 2 aromatic rings. The topological polar surface area (TPSA) is 41.6 Å². The van der Waals surface area contributed by atoms with E-state index in [-0.39, 0.29) is 11.8 Å². The summed E-state index contributed by atoms with van der Waals surface area (Å²) in [5.74, 6) is 2.78. The van der Waals surface area contributed by atoms with Crippen molar-refractivity contribution in [3.8, 4) is 5.75 Å². The molecule has 1 saturated heterocycles. The smallest absolute Gasteiger partial charge is 0.223 e. The Balaban J connectivity index is 1.33. The van der Waals surface area contributed by atoms with Crippen LogP contribution in [0.15, 0.2) is 42.5 Å². The standard InChI is InChI=1S/C24H30Cl2N2O2S/c1-2-30-20-6-3-5-18(15-20)16-28-12-9-19(10-13-28)24(29)27-11-14-31-17-21-22(25)7-4-8-23(21)26/h3-8,15,19H,2,9-14,16-17H2,1H3,(H,27,29). The molecule has 0 spiro atoms. The van der Waals surface area contributed by atoms with Gasteiger partial charge >= 0.3 is 0 Å². The molecule has 1 fully saturated rings. The lowest BCUT2D eigenvalue weighted by Gasteiger charge is -2.31. The van der Waals surface area contributed by atoms with Crippen molar-refractivity contribution in [3.05, 3.63) is 63.6 Å². The van der Waals surface area contributed by atoms with Crippen LogP contribution in [-0.2, 0) is 17.1 Å². The highest BCUT2D eigenvalue weighted by atomic mass is 35.5. The van der Waals surface area contributed by atoms with Crippen molar-refractivity contribution < 1.29 is 9.53 Å². The van der Waals surface area contributed by atoms with Gasteiger partial charge < -0.3 is 10.1 Å². The van der Waals surface area contributed by atoms with Gasteiger partial charge in [0.25, 0.3) is 0 Å². The van der Waals surface area contributed by atoms with Gasteiger partial charge in [0, 0.05) is 40.6 Å². The number of thioether (sulfide) groups is 1. The molecule has 168 valence electrons. The molecule has 3 rings (SSSR count). The molecular weight excluding hydrogens is 451 g/mol. The molecule has 4 nitrogen and oxygen atoms in total. The average molecular weight is 481 g/mol. The van der Waals surface area contributed by atoms with E-state index in [1.165, 1.54) is 5.56 Å². The Hall–Kier alpha value is -1.40. The fraction of sp³-hybridized carbons (Fsp3) is 0.458. The third kappa shape index (κ3) is 7.60. The zero-order valence-corrected chi connectivity index (χ0v) is 20.2. The van der Waals surface area contributed by atoms with Gasteiger partial charge in [0.15, 0.2) is 0 Å². The molecule has 2 aromatic carbocycles. The van der Waals surface area contributed by atoms with Crippen LogP contribution in [0.1, 0.15) is 30.9 Å². The zero-order chi connectivity index (χ0) is 22.1. The molecule has 7 heteroatoms. The number of halogens is 2. The molecule has 0 radical (unpaired) electrons. The largest absolute Gasteiger partial charge is 0.494 e. The summed E-state index contributed by atoms with van der Waals surface area (Å²) in [7, 11) is 0. The van der Waals surface area contributed by atoms with E-state index in [1.807, 2.05) is 37.3 Å². The summed E-state index contributed by atoms with van der Waals surface area (Å²) in [4.78, 5) is 14.9. The minimum Gasteiger partial charge on any atom is -0.494 e. The van der Waals surface area contributed by atoms with Crippen LogP contribution >= 0.6 is 35.0 Å². The number of benzene rings is 2. The van der Waals surface area contributed by atoms with Crippen LogP contribution in [0.4, 0.5) is 0 Å². The Labute approximate surface area is 199 Å².